The topological polar surface area (TPSA) is 80.2 Å². The fourth-order valence-electron chi connectivity index (χ4n) is 3.16. The molecule has 6 nitrogen and oxygen atoms in total. The van der Waals surface area contributed by atoms with Crippen LogP contribution in [-0.4, -0.2) is 36.1 Å². The van der Waals surface area contributed by atoms with E-state index in [0.29, 0.717) is 12.0 Å². The highest BCUT2D eigenvalue weighted by Gasteiger charge is 2.26. The summed E-state index contributed by atoms with van der Waals surface area (Å²) in [5.74, 6) is 1.09. The Morgan fingerprint density at radius 2 is 2.23 bits per heavy atom. The predicted octanol–water partition coefficient (Wildman–Crippen LogP) is 2.06. The molecule has 0 amide bonds. The largest absolute Gasteiger partial charge is 0.450 e. The fourth-order valence-corrected chi connectivity index (χ4v) is 3.16. The average Bonchev–Trinajstić information content (AvgIpc) is 3.11. The van der Waals surface area contributed by atoms with Crippen molar-refractivity contribution in [3.8, 4) is 0 Å². The summed E-state index contributed by atoms with van der Waals surface area (Å²) in [4.78, 5) is 11.1. The van der Waals surface area contributed by atoms with Crippen molar-refractivity contribution in [3.63, 3.8) is 0 Å². The quantitative estimate of drug-likeness (QED) is 0.753. The van der Waals surface area contributed by atoms with E-state index in [1.54, 1.807) is 0 Å². The number of nitrogens with two attached hydrogens (primary N) is 1. The van der Waals surface area contributed by atoms with E-state index >= 15 is 0 Å². The number of aryl methyl sites for hydroxylation is 1. The van der Waals surface area contributed by atoms with E-state index in [2.05, 4.69) is 33.2 Å². The second-order valence-electron chi connectivity index (χ2n) is 5.91. The van der Waals surface area contributed by atoms with Crippen LogP contribution in [0.1, 0.15) is 12.0 Å². The van der Waals surface area contributed by atoms with Gasteiger partial charge in [0.05, 0.1) is 0 Å². The smallest absolute Gasteiger partial charge is 0.222 e. The van der Waals surface area contributed by atoms with E-state index < -0.39 is 0 Å². The van der Waals surface area contributed by atoms with Crippen molar-refractivity contribution in [3.05, 3.63) is 23.8 Å². The molecule has 0 saturated carbocycles. The third-order valence-corrected chi connectivity index (χ3v) is 4.36. The molecule has 2 aromatic heterocycles. The molecule has 3 heterocycles. The molecule has 4 rings (SSSR count). The van der Waals surface area contributed by atoms with E-state index in [4.69, 9.17) is 10.2 Å². The third-order valence-electron chi connectivity index (χ3n) is 4.36. The van der Waals surface area contributed by atoms with E-state index in [-0.39, 0.29) is 0 Å². The van der Waals surface area contributed by atoms with Gasteiger partial charge in [-0.1, -0.05) is 11.6 Å². The van der Waals surface area contributed by atoms with Crippen molar-refractivity contribution in [1.29, 1.82) is 0 Å². The van der Waals surface area contributed by atoms with Gasteiger partial charge in [0.2, 0.25) is 5.95 Å². The van der Waals surface area contributed by atoms with Gasteiger partial charge in [-0.3, -0.25) is 0 Å². The van der Waals surface area contributed by atoms with Gasteiger partial charge in [0.1, 0.15) is 11.1 Å². The van der Waals surface area contributed by atoms with Crippen LogP contribution < -0.4 is 16.0 Å². The van der Waals surface area contributed by atoms with Crippen LogP contribution in [-0.2, 0) is 0 Å². The minimum atomic E-state index is 0.291. The number of anilines is 2. The molecular formula is C16H19N5O. The number of fused-ring (bicyclic) bond motifs is 3. The zero-order valence-electron chi connectivity index (χ0n) is 12.8. The molecule has 1 atom stereocenters. The summed E-state index contributed by atoms with van der Waals surface area (Å²) in [5.41, 5.74) is 9.47. The van der Waals surface area contributed by atoms with Gasteiger partial charge < -0.3 is 20.4 Å². The lowest BCUT2D eigenvalue weighted by atomic mass is 10.2. The SMILES string of the molecule is CN[C@@H]1CCN(c2nc(N)nc3c2oc2ccc(C)cc23)C1. The Morgan fingerprint density at radius 3 is 3.00 bits per heavy atom. The molecule has 1 saturated heterocycles. The molecule has 1 fully saturated rings. The van der Waals surface area contributed by atoms with Gasteiger partial charge in [-0.2, -0.15) is 4.98 Å². The first-order valence-electron chi connectivity index (χ1n) is 7.54. The van der Waals surface area contributed by atoms with Gasteiger partial charge in [0.25, 0.3) is 0 Å². The normalized spacial score (nSPS) is 18.6. The minimum Gasteiger partial charge on any atom is -0.450 e. The molecule has 114 valence electrons. The summed E-state index contributed by atoms with van der Waals surface area (Å²) in [6.45, 7) is 3.90. The second-order valence-corrected chi connectivity index (χ2v) is 5.91. The summed E-state index contributed by atoms with van der Waals surface area (Å²) in [7, 11) is 1.99. The summed E-state index contributed by atoms with van der Waals surface area (Å²) in [6.07, 6.45) is 1.08. The number of nitrogens with zero attached hydrogens (tertiary/aromatic N) is 3. The second kappa shape index (κ2) is 4.84. The van der Waals surface area contributed by atoms with E-state index in [1.807, 2.05) is 19.2 Å². The monoisotopic (exact) mass is 297 g/mol. The molecule has 0 aliphatic carbocycles. The Balaban J connectivity index is 1.93. The lowest BCUT2D eigenvalue weighted by Gasteiger charge is -2.17. The Kier molecular flexibility index (Phi) is 2.94. The first kappa shape index (κ1) is 13.3. The Bertz CT molecular complexity index is 856. The molecule has 1 aliphatic heterocycles. The van der Waals surface area contributed by atoms with Crippen LogP contribution in [0.5, 0.6) is 0 Å². The van der Waals surface area contributed by atoms with Gasteiger partial charge in [0.15, 0.2) is 11.4 Å². The highest BCUT2D eigenvalue weighted by Crippen LogP contribution is 2.34. The maximum Gasteiger partial charge on any atom is 0.222 e. The van der Waals surface area contributed by atoms with Crippen molar-refractivity contribution in [2.24, 2.45) is 0 Å². The standard InChI is InChI=1S/C16H19N5O/c1-9-3-4-12-11(7-9)13-14(22-12)15(20-16(17)19-13)21-6-5-10(8-21)18-2/h3-4,7,10,18H,5-6,8H2,1-2H3,(H2,17,19,20)/t10-/m1/s1. The Morgan fingerprint density at radius 1 is 1.36 bits per heavy atom. The van der Waals surface area contributed by atoms with Crippen molar-refractivity contribution in [2.45, 2.75) is 19.4 Å². The summed E-state index contributed by atoms with van der Waals surface area (Å²) in [5, 5.41) is 4.31. The molecule has 1 aromatic carbocycles. The molecule has 0 bridgehead atoms. The van der Waals surface area contributed by atoms with Crippen LogP contribution in [0.15, 0.2) is 22.6 Å². The molecule has 1 aliphatic rings. The maximum absolute atomic E-state index is 6.03. The molecule has 3 N–H and O–H groups in total. The van der Waals surface area contributed by atoms with Crippen molar-refractivity contribution in [2.75, 3.05) is 30.8 Å². The Hall–Kier alpha value is -2.34. The van der Waals surface area contributed by atoms with Crippen LogP contribution in [0.25, 0.3) is 22.1 Å². The number of hydrogen-bond acceptors (Lipinski definition) is 6. The number of likely N-dealkylation sites (N-methyl/N-ethyl adjacent to an activating group) is 1. The average molecular weight is 297 g/mol. The van der Waals surface area contributed by atoms with Gasteiger partial charge >= 0.3 is 0 Å². The van der Waals surface area contributed by atoms with Gasteiger partial charge in [-0.15, -0.1) is 0 Å². The van der Waals surface area contributed by atoms with E-state index in [0.717, 1.165) is 47.4 Å². The van der Waals surface area contributed by atoms with Crippen LogP contribution in [0, 0.1) is 6.92 Å². The number of nitrogen functional groups attached to an aromatic ring is 1. The van der Waals surface area contributed by atoms with Crippen molar-refractivity contribution in [1.82, 2.24) is 15.3 Å². The van der Waals surface area contributed by atoms with Crippen LogP contribution in [0.3, 0.4) is 0 Å². The molecule has 6 heteroatoms. The summed E-state index contributed by atoms with van der Waals surface area (Å²) in [6, 6.07) is 6.57. The molecule has 0 radical (unpaired) electrons. The highest BCUT2D eigenvalue weighted by atomic mass is 16.3. The van der Waals surface area contributed by atoms with Gasteiger partial charge in [-0.05, 0) is 32.5 Å². The number of nitrogens with one attached hydrogen (secondary N) is 1. The molecular weight excluding hydrogens is 278 g/mol. The van der Waals surface area contributed by atoms with E-state index in [9.17, 15) is 0 Å². The summed E-state index contributed by atoms with van der Waals surface area (Å²) < 4.78 is 6.03. The lowest BCUT2D eigenvalue weighted by Crippen LogP contribution is -2.30. The first-order valence-corrected chi connectivity index (χ1v) is 7.54. The zero-order chi connectivity index (χ0) is 15.3. The van der Waals surface area contributed by atoms with Crippen LogP contribution in [0.4, 0.5) is 11.8 Å². The number of rotatable bonds is 2. The van der Waals surface area contributed by atoms with E-state index in [1.165, 1.54) is 5.56 Å². The first-order chi connectivity index (χ1) is 10.7. The lowest BCUT2D eigenvalue weighted by molar-refractivity contribution is 0.615. The van der Waals surface area contributed by atoms with Crippen LogP contribution >= 0.6 is 0 Å². The molecule has 22 heavy (non-hydrogen) atoms. The minimum absolute atomic E-state index is 0.291. The molecule has 0 spiro atoms. The third kappa shape index (κ3) is 1.99. The summed E-state index contributed by atoms with van der Waals surface area (Å²) >= 11 is 0. The number of aromatic nitrogens is 2. The molecule has 0 unspecified atom stereocenters. The van der Waals surface area contributed by atoms with Crippen molar-refractivity contribution >= 4 is 33.8 Å². The predicted molar refractivity (Wildman–Crippen MR) is 88.1 cm³/mol. The number of benzene rings is 1. The van der Waals surface area contributed by atoms with Crippen LogP contribution in [0.2, 0.25) is 0 Å². The van der Waals surface area contributed by atoms with Gasteiger partial charge in [0, 0.05) is 24.5 Å². The van der Waals surface area contributed by atoms with Crippen molar-refractivity contribution < 1.29 is 4.42 Å². The van der Waals surface area contributed by atoms with Gasteiger partial charge in [-0.25, -0.2) is 4.98 Å². The fraction of sp³-hybridized carbons (Fsp3) is 0.375. The highest BCUT2D eigenvalue weighted by molar-refractivity contribution is 6.06. The maximum atomic E-state index is 6.03. The zero-order valence-corrected chi connectivity index (χ0v) is 12.8. The number of furan rings is 1. The Labute approximate surface area is 128 Å². The number of hydrogen-bond donors (Lipinski definition) is 2. The molecule has 3 aromatic rings.